The summed E-state index contributed by atoms with van der Waals surface area (Å²) in [5, 5.41) is 12.7. The third-order valence-corrected chi connectivity index (χ3v) is 4.09. The van der Waals surface area contributed by atoms with Gasteiger partial charge in [0.05, 0.1) is 11.7 Å². The molecule has 0 aromatic carbocycles. The molecule has 1 aliphatic rings. The van der Waals surface area contributed by atoms with Gasteiger partial charge in [-0.2, -0.15) is 0 Å². The van der Waals surface area contributed by atoms with Crippen LogP contribution in [0, 0.1) is 5.92 Å². The van der Waals surface area contributed by atoms with Crippen LogP contribution in [-0.4, -0.2) is 28.6 Å². The fourth-order valence-electron chi connectivity index (χ4n) is 2.36. The lowest BCUT2D eigenvalue weighted by Crippen LogP contribution is -2.33. The predicted molar refractivity (Wildman–Crippen MR) is 77.2 cm³/mol. The van der Waals surface area contributed by atoms with Crippen molar-refractivity contribution in [1.82, 2.24) is 10.3 Å². The SMILES string of the molecule is O=C(NCC1CCCC(O)C1)c1cc(Br)cnc1Cl. The van der Waals surface area contributed by atoms with Crippen LogP contribution in [0.25, 0.3) is 0 Å². The first-order valence-electron chi connectivity index (χ1n) is 6.33. The third-order valence-electron chi connectivity index (χ3n) is 3.36. The van der Waals surface area contributed by atoms with Crippen LogP contribution >= 0.6 is 27.5 Å². The monoisotopic (exact) mass is 346 g/mol. The number of hydrogen-bond donors (Lipinski definition) is 2. The van der Waals surface area contributed by atoms with Crippen molar-refractivity contribution >= 4 is 33.4 Å². The number of rotatable bonds is 3. The van der Waals surface area contributed by atoms with E-state index in [1.165, 1.54) is 0 Å². The molecule has 0 saturated heterocycles. The maximum absolute atomic E-state index is 12.0. The number of carbonyl (C=O) groups is 1. The zero-order chi connectivity index (χ0) is 13.8. The molecule has 104 valence electrons. The van der Waals surface area contributed by atoms with Crippen molar-refractivity contribution in [2.75, 3.05) is 6.54 Å². The minimum absolute atomic E-state index is 0.198. The highest BCUT2D eigenvalue weighted by Crippen LogP contribution is 2.24. The number of pyridine rings is 1. The first-order chi connectivity index (χ1) is 9.06. The summed E-state index contributed by atoms with van der Waals surface area (Å²) in [5.41, 5.74) is 0.368. The third kappa shape index (κ3) is 4.16. The molecule has 0 radical (unpaired) electrons. The van der Waals surface area contributed by atoms with E-state index >= 15 is 0 Å². The van der Waals surface area contributed by atoms with Crippen LogP contribution in [0.3, 0.4) is 0 Å². The van der Waals surface area contributed by atoms with Crippen molar-refractivity contribution < 1.29 is 9.90 Å². The highest BCUT2D eigenvalue weighted by atomic mass is 79.9. The summed E-state index contributed by atoms with van der Waals surface area (Å²) in [6.45, 7) is 0.568. The molecule has 0 aliphatic heterocycles. The lowest BCUT2D eigenvalue weighted by molar-refractivity contribution is 0.0873. The van der Waals surface area contributed by atoms with Gasteiger partial charge in [0.1, 0.15) is 5.15 Å². The Balaban J connectivity index is 1.92. The van der Waals surface area contributed by atoms with Crippen molar-refractivity contribution in [3.8, 4) is 0 Å². The van der Waals surface area contributed by atoms with Gasteiger partial charge in [-0.05, 0) is 47.2 Å². The molecule has 1 fully saturated rings. The number of hydrogen-bond acceptors (Lipinski definition) is 3. The smallest absolute Gasteiger partial charge is 0.254 e. The minimum atomic E-state index is -0.230. The van der Waals surface area contributed by atoms with E-state index in [1.807, 2.05) is 0 Å². The Morgan fingerprint density at radius 2 is 2.37 bits per heavy atom. The Morgan fingerprint density at radius 1 is 1.58 bits per heavy atom. The van der Waals surface area contributed by atoms with E-state index in [1.54, 1.807) is 12.3 Å². The number of nitrogens with one attached hydrogen (secondary N) is 1. The summed E-state index contributed by atoms with van der Waals surface area (Å²) in [7, 11) is 0. The fraction of sp³-hybridized carbons (Fsp3) is 0.538. The van der Waals surface area contributed by atoms with Gasteiger partial charge in [0, 0.05) is 17.2 Å². The molecular formula is C13H16BrClN2O2. The van der Waals surface area contributed by atoms with E-state index in [-0.39, 0.29) is 17.2 Å². The molecule has 2 atom stereocenters. The summed E-state index contributed by atoms with van der Waals surface area (Å²) in [4.78, 5) is 15.9. The van der Waals surface area contributed by atoms with Crippen LogP contribution in [0.1, 0.15) is 36.0 Å². The highest BCUT2D eigenvalue weighted by Gasteiger charge is 2.21. The Labute approximate surface area is 125 Å². The number of halogens is 2. The molecule has 1 amide bonds. The summed E-state index contributed by atoms with van der Waals surface area (Å²) < 4.78 is 0.718. The predicted octanol–water partition coefficient (Wildman–Crippen LogP) is 2.78. The van der Waals surface area contributed by atoms with Gasteiger partial charge in [-0.15, -0.1) is 0 Å². The fourth-order valence-corrected chi connectivity index (χ4v) is 2.88. The standard InChI is InChI=1S/C13H16BrClN2O2/c14-9-5-11(12(15)16-7-9)13(19)17-6-8-2-1-3-10(18)4-8/h5,7-8,10,18H,1-4,6H2,(H,17,19). The summed E-state index contributed by atoms with van der Waals surface area (Å²) in [6.07, 6.45) is 5.00. The lowest BCUT2D eigenvalue weighted by Gasteiger charge is -2.25. The Kier molecular flexibility index (Phi) is 5.19. The molecule has 6 heteroatoms. The number of amides is 1. The lowest BCUT2D eigenvalue weighted by atomic mass is 9.87. The molecule has 1 saturated carbocycles. The van der Waals surface area contributed by atoms with E-state index in [9.17, 15) is 9.90 Å². The summed E-state index contributed by atoms with van der Waals surface area (Å²) in [6, 6.07) is 1.65. The van der Waals surface area contributed by atoms with Gasteiger partial charge in [0.2, 0.25) is 0 Å². The topological polar surface area (TPSA) is 62.2 Å². The molecule has 0 bridgehead atoms. The molecule has 2 N–H and O–H groups in total. The first-order valence-corrected chi connectivity index (χ1v) is 7.50. The van der Waals surface area contributed by atoms with Gasteiger partial charge >= 0.3 is 0 Å². The Bertz CT molecular complexity index is 470. The number of aromatic nitrogens is 1. The molecule has 1 heterocycles. The van der Waals surface area contributed by atoms with Gasteiger partial charge in [0.25, 0.3) is 5.91 Å². The van der Waals surface area contributed by atoms with Crippen molar-refractivity contribution in [2.24, 2.45) is 5.92 Å². The second-order valence-corrected chi connectivity index (χ2v) is 6.16. The van der Waals surface area contributed by atoms with E-state index in [2.05, 4.69) is 26.2 Å². The van der Waals surface area contributed by atoms with E-state index in [4.69, 9.17) is 11.6 Å². The van der Waals surface area contributed by atoms with Gasteiger partial charge in [-0.25, -0.2) is 4.98 Å². The van der Waals surface area contributed by atoms with Gasteiger partial charge in [-0.1, -0.05) is 18.0 Å². The Morgan fingerprint density at radius 3 is 3.11 bits per heavy atom. The number of aliphatic hydroxyl groups excluding tert-OH is 1. The van der Waals surface area contributed by atoms with Gasteiger partial charge < -0.3 is 10.4 Å². The van der Waals surface area contributed by atoms with Crippen LogP contribution in [0.2, 0.25) is 5.15 Å². The Hall–Kier alpha value is -0.650. The molecule has 19 heavy (non-hydrogen) atoms. The summed E-state index contributed by atoms with van der Waals surface area (Å²) >= 11 is 9.17. The highest BCUT2D eigenvalue weighted by molar-refractivity contribution is 9.10. The van der Waals surface area contributed by atoms with E-state index < -0.39 is 0 Å². The minimum Gasteiger partial charge on any atom is -0.393 e. The van der Waals surface area contributed by atoms with Gasteiger partial charge in [-0.3, -0.25) is 4.79 Å². The van der Waals surface area contributed by atoms with Crippen molar-refractivity contribution in [3.63, 3.8) is 0 Å². The average molecular weight is 348 g/mol. The molecule has 1 aromatic heterocycles. The molecule has 4 nitrogen and oxygen atoms in total. The maximum atomic E-state index is 12.0. The van der Waals surface area contributed by atoms with E-state index in [0.717, 1.165) is 30.2 Å². The van der Waals surface area contributed by atoms with Crippen LogP contribution in [-0.2, 0) is 0 Å². The maximum Gasteiger partial charge on any atom is 0.254 e. The van der Waals surface area contributed by atoms with E-state index in [0.29, 0.717) is 18.0 Å². The molecule has 2 unspecified atom stereocenters. The average Bonchev–Trinajstić information content (AvgIpc) is 2.39. The molecule has 1 aromatic rings. The van der Waals surface area contributed by atoms with Crippen LogP contribution in [0.15, 0.2) is 16.7 Å². The number of nitrogens with zero attached hydrogens (tertiary/aromatic N) is 1. The quantitative estimate of drug-likeness (QED) is 0.827. The van der Waals surface area contributed by atoms with Crippen LogP contribution < -0.4 is 5.32 Å². The molecular weight excluding hydrogens is 332 g/mol. The van der Waals surface area contributed by atoms with Crippen molar-refractivity contribution in [3.05, 3.63) is 27.5 Å². The molecule has 0 spiro atoms. The second kappa shape index (κ2) is 6.68. The number of aliphatic hydroxyl groups is 1. The second-order valence-electron chi connectivity index (χ2n) is 4.89. The first kappa shape index (κ1) is 14.8. The number of carbonyl (C=O) groups excluding carboxylic acids is 1. The molecule has 1 aliphatic carbocycles. The van der Waals surface area contributed by atoms with Crippen LogP contribution in [0.5, 0.6) is 0 Å². The molecule has 2 rings (SSSR count). The van der Waals surface area contributed by atoms with Crippen molar-refractivity contribution in [2.45, 2.75) is 31.8 Å². The van der Waals surface area contributed by atoms with Gasteiger partial charge in [0.15, 0.2) is 0 Å². The zero-order valence-corrected chi connectivity index (χ0v) is 12.7. The largest absolute Gasteiger partial charge is 0.393 e. The van der Waals surface area contributed by atoms with Crippen molar-refractivity contribution in [1.29, 1.82) is 0 Å². The normalized spacial score (nSPS) is 23.1. The zero-order valence-electron chi connectivity index (χ0n) is 10.4. The summed E-state index contributed by atoms with van der Waals surface area (Å²) in [5.74, 6) is 0.116. The van der Waals surface area contributed by atoms with Crippen LogP contribution in [0.4, 0.5) is 0 Å².